The second-order valence-electron chi connectivity index (χ2n) is 8.78. The Kier molecular flexibility index (Phi) is 5.28. The summed E-state index contributed by atoms with van der Waals surface area (Å²) in [4.78, 5) is 14.0. The van der Waals surface area contributed by atoms with E-state index in [9.17, 15) is 18.0 Å². The van der Waals surface area contributed by atoms with Crippen LogP contribution < -0.4 is 5.56 Å². The number of hydrogen-bond acceptors (Lipinski definition) is 3. The molecular formula is C25H22F3N3O. The van der Waals surface area contributed by atoms with Crippen LogP contribution in [0.25, 0.3) is 16.8 Å². The number of fused-ring (bicyclic) bond motifs is 1. The van der Waals surface area contributed by atoms with Crippen LogP contribution in [0.4, 0.5) is 13.2 Å². The predicted molar refractivity (Wildman–Crippen MR) is 120 cm³/mol. The van der Waals surface area contributed by atoms with Gasteiger partial charge in [-0.15, -0.1) is 0 Å². The van der Waals surface area contributed by atoms with Crippen LogP contribution in [0.5, 0.6) is 0 Å². The highest BCUT2D eigenvalue weighted by Gasteiger charge is 2.26. The molecule has 7 heteroatoms. The fraction of sp³-hybridized carbons (Fsp3) is 0.200. The van der Waals surface area contributed by atoms with E-state index in [0.717, 1.165) is 17.7 Å². The summed E-state index contributed by atoms with van der Waals surface area (Å²) in [6.45, 7) is 9.59. The molecule has 0 atom stereocenters. The van der Waals surface area contributed by atoms with Crippen molar-refractivity contribution in [2.24, 2.45) is 5.10 Å². The average molecular weight is 437 g/mol. The molecule has 4 nitrogen and oxygen atoms in total. The van der Waals surface area contributed by atoms with Crippen LogP contribution >= 0.6 is 0 Å². The molecule has 164 valence electrons. The lowest BCUT2D eigenvalue weighted by Gasteiger charge is -2.29. The summed E-state index contributed by atoms with van der Waals surface area (Å²) in [7, 11) is 0. The molecule has 0 saturated heterocycles. The molecule has 0 aliphatic carbocycles. The SMILES string of the molecule is C=C1c2c(F)cc(C(C)(C)C)cc2C=NN1Cc1c(F)cc(-c2cc[nH]c(=O)c2)cc1F. The monoisotopic (exact) mass is 437 g/mol. The first-order chi connectivity index (χ1) is 15.0. The average Bonchev–Trinajstić information content (AvgIpc) is 2.71. The molecule has 0 amide bonds. The molecule has 0 bridgehead atoms. The first kappa shape index (κ1) is 21.6. The maximum atomic E-state index is 14.9. The number of benzene rings is 2. The zero-order valence-electron chi connectivity index (χ0n) is 18.0. The third-order valence-electron chi connectivity index (χ3n) is 5.48. The number of pyridine rings is 1. The van der Waals surface area contributed by atoms with E-state index >= 15 is 0 Å². The summed E-state index contributed by atoms with van der Waals surface area (Å²) in [6.07, 6.45) is 2.88. The van der Waals surface area contributed by atoms with Gasteiger partial charge in [0.25, 0.3) is 0 Å². The molecule has 0 saturated carbocycles. The van der Waals surface area contributed by atoms with E-state index in [4.69, 9.17) is 0 Å². The Hall–Kier alpha value is -3.61. The number of aromatic nitrogens is 1. The number of halogens is 3. The van der Waals surface area contributed by atoms with Crippen molar-refractivity contribution in [3.05, 3.63) is 99.2 Å². The molecule has 0 unspecified atom stereocenters. The fourth-order valence-corrected chi connectivity index (χ4v) is 3.63. The van der Waals surface area contributed by atoms with E-state index in [-0.39, 0.29) is 39.9 Å². The Bertz CT molecular complexity index is 1300. The number of nitrogens with one attached hydrogen (secondary N) is 1. The molecule has 0 spiro atoms. The zero-order chi connectivity index (χ0) is 23.2. The largest absolute Gasteiger partial charge is 0.329 e. The third kappa shape index (κ3) is 3.98. The second-order valence-corrected chi connectivity index (χ2v) is 8.78. The van der Waals surface area contributed by atoms with Gasteiger partial charge >= 0.3 is 0 Å². The van der Waals surface area contributed by atoms with Gasteiger partial charge in [0.15, 0.2) is 0 Å². The smallest absolute Gasteiger partial charge is 0.248 e. The van der Waals surface area contributed by atoms with Gasteiger partial charge in [0.2, 0.25) is 5.56 Å². The van der Waals surface area contributed by atoms with Gasteiger partial charge in [-0.3, -0.25) is 9.80 Å². The van der Waals surface area contributed by atoms with Crippen LogP contribution in [0.2, 0.25) is 0 Å². The van der Waals surface area contributed by atoms with E-state index in [2.05, 4.69) is 16.7 Å². The minimum atomic E-state index is -0.794. The fourth-order valence-electron chi connectivity index (χ4n) is 3.63. The highest BCUT2D eigenvalue weighted by atomic mass is 19.1. The van der Waals surface area contributed by atoms with Crippen molar-refractivity contribution in [2.45, 2.75) is 32.7 Å². The van der Waals surface area contributed by atoms with Gasteiger partial charge in [-0.1, -0.05) is 27.4 Å². The van der Waals surface area contributed by atoms with E-state index in [1.165, 1.54) is 29.6 Å². The summed E-state index contributed by atoms with van der Waals surface area (Å²) in [5.41, 5.74) is 1.64. The molecular weight excluding hydrogens is 415 g/mol. The molecule has 0 fully saturated rings. The van der Waals surface area contributed by atoms with Gasteiger partial charge in [-0.25, -0.2) is 13.2 Å². The van der Waals surface area contributed by atoms with Crippen molar-refractivity contribution in [1.82, 2.24) is 9.99 Å². The summed E-state index contributed by atoms with van der Waals surface area (Å²) in [6, 6.07) is 8.44. The molecule has 2 aromatic carbocycles. The van der Waals surface area contributed by atoms with Crippen molar-refractivity contribution in [1.29, 1.82) is 0 Å². The van der Waals surface area contributed by atoms with Gasteiger partial charge in [-0.2, -0.15) is 5.10 Å². The lowest BCUT2D eigenvalue weighted by molar-refractivity contribution is 0.389. The van der Waals surface area contributed by atoms with Gasteiger partial charge < -0.3 is 4.98 Å². The summed E-state index contributed by atoms with van der Waals surface area (Å²) in [5.74, 6) is -2.05. The lowest BCUT2D eigenvalue weighted by atomic mass is 9.84. The molecule has 32 heavy (non-hydrogen) atoms. The summed E-state index contributed by atoms with van der Waals surface area (Å²) in [5, 5.41) is 5.52. The zero-order valence-corrected chi connectivity index (χ0v) is 18.0. The molecule has 1 N–H and O–H groups in total. The molecule has 1 aliphatic rings. The molecule has 4 rings (SSSR count). The van der Waals surface area contributed by atoms with Gasteiger partial charge in [0.05, 0.1) is 18.5 Å². The van der Waals surface area contributed by atoms with Gasteiger partial charge in [0, 0.05) is 29.0 Å². The number of aromatic amines is 1. The summed E-state index contributed by atoms with van der Waals surface area (Å²) < 4.78 is 44.6. The quantitative estimate of drug-likeness (QED) is 0.582. The third-order valence-corrected chi connectivity index (χ3v) is 5.48. The Morgan fingerprint density at radius 3 is 2.31 bits per heavy atom. The van der Waals surface area contributed by atoms with Crippen molar-refractivity contribution < 1.29 is 13.2 Å². The first-order valence-corrected chi connectivity index (χ1v) is 10.1. The Morgan fingerprint density at radius 1 is 1.00 bits per heavy atom. The molecule has 0 radical (unpaired) electrons. The van der Waals surface area contributed by atoms with Gasteiger partial charge in [-0.05, 0) is 52.4 Å². The number of hydrazone groups is 1. The number of hydrogen-bond donors (Lipinski definition) is 1. The van der Waals surface area contributed by atoms with Crippen LogP contribution in [-0.2, 0) is 12.0 Å². The van der Waals surface area contributed by atoms with Crippen molar-refractivity contribution >= 4 is 11.9 Å². The molecule has 2 heterocycles. The molecule has 1 aromatic heterocycles. The normalized spacial score (nSPS) is 13.4. The predicted octanol–water partition coefficient (Wildman–Crippen LogP) is 5.58. The van der Waals surface area contributed by atoms with Crippen LogP contribution in [0.1, 0.15) is 43.0 Å². The van der Waals surface area contributed by atoms with E-state index in [0.29, 0.717) is 11.1 Å². The highest BCUT2D eigenvalue weighted by molar-refractivity contribution is 5.91. The lowest BCUT2D eigenvalue weighted by Crippen LogP contribution is -2.23. The number of nitrogens with zero attached hydrogens (tertiary/aromatic N) is 2. The first-order valence-electron chi connectivity index (χ1n) is 10.1. The minimum absolute atomic E-state index is 0.220. The maximum absolute atomic E-state index is 14.9. The molecule has 1 aliphatic heterocycles. The van der Waals surface area contributed by atoms with Crippen LogP contribution in [0.15, 0.2) is 59.1 Å². The van der Waals surface area contributed by atoms with Crippen molar-refractivity contribution in [3.63, 3.8) is 0 Å². The van der Waals surface area contributed by atoms with E-state index in [1.54, 1.807) is 6.07 Å². The number of H-pyrrole nitrogens is 1. The van der Waals surface area contributed by atoms with Crippen molar-refractivity contribution in [3.8, 4) is 11.1 Å². The number of rotatable bonds is 3. The topological polar surface area (TPSA) is 48.5 Å². The van der Waals surface area contributed by atoms with E-state index in [1.807, 2.05) is 26.8 Å². The Morgan fingerprint density at radius 2 is 1.69 bits per heavy atom. The maximum Gasteiger partial charge on any atom is 0.248 e. The van der Waals surface area contributed by atoms with Crippen LogP contribution in [-0.4, -0.2) is 16.2 Å². The Labute approximate surface area is 183 Å². The van der Waals surface area contributed by atoms with Crippen molar-refractivity contribution in [2.75, 3.05) is 0 Å². The highest BCUT2D eigenvalue weighted by Crippen LogP contribution is 2.34. The standard InChI is InChI=1S/C25H22F3N3O/c1-14-24-17(7-18(11-22(24)28)25(2,3)4)12-30-31(14)13-19-20(26)8-16(9-21(19)27)15-5-6-29-23(32)10-15/h5-12H,1,13H2,2-4H3,(H,29,32). The summed E-state index contributed by atoms with van der Waals surface area (Å²) >= 11 is 0. The van der Waals surface area contributed by atoms with Gasteiger partial charge in [0.1, 0.15) is 17.5 Å². The van der Waals surface area contributed by atoms with Crippen LogP contribution in [0.3, 0.4) is 0 Å². The van der Waals surface area contributed by atoms with E-state index < -0.39 is 17.5 Å². The van der Waals surface area contributed by atoms with Crippen LogP contribution in [0, 0.1) is 17.5 Å². The Balaban J connectivity index is 1.66. The molecule has 3 aromatic rings. The minimum Gasteiger partial charge on any atom is -0.329 e. The second kappa shape index (κ2) is 7.82.